The first kappa shape index (κ1) is 10.9. The van der Waals surface area contributed by atoms with Gasteiger partial charge in [-0.25, -0.2) is 4.98 Å². The molecule has 0 radical (unpaired) electrons. The van der Waals surface area contributed by atoms with Gasteiger partial charge in [-0.2, -0.15) is 0 Å². The number of H-pyrrole nitrogens is 1. The predicted octanol–water partition coefficient (Wildman–Crippen LogP) is 2.05. The second kappa shape index (κ2) is 5.47. The van der Waals surface area contributed by atoms with Gasteiger partial charge in [0.25, 0.3) is 0 Å². The van der Waals surface area contributed by atoms with Crippen LogP contribution in [0.2, 0.25) is 0 Å². The topological polar surface area (TPSA) is 40.7 Å². The minimum Gasteiger partial charge on any atom is -0.348 e. The predicted molar refractivity (Wildman–Crippen MR) is 65.2 cm³/mol. The number of aromatic amines is 1. The van der Waals surface area contributed by atoms with Crippen molar-refractivity contribution in [1.82, 2.24) is 15.3 Å². The second-order valence-electron chi connectivity index (χ2n) is 3.89. The number of hydrogen-bond donors (Lipinski definition) is 2. The fourth-order valence-corrected chi connectivity index (χ4v) is 1.65. The number of hydrogen-bond acceptors (Lipinski definition) is 2. The maximum atomic E-state index is 4.24. The number of nitrogens with zero attached hydrogens (tertiary/aromatic N) is 1. The van der Waals surface area contributed by atoms with Crippen molar-refractivity contribution in [2.75, 3.05) is 6.54 Å². The molecule has 0 fully saturated rings. The van der Waals surface area contributed by atoms with Crippen LogP contribution >= 0.6 is 0 Å². The van der Waals surface area contributed by atoms with Gasteiger partial charge in [0.15, 0.2) is 0 Å². The Bertz CT molecular complexity index is 420. The van der Waals surface area contributed by atoms with Gasteiger partial charge in [-0.05, 0) is 25.5 Å². The maximum absolute atomic E-state index is 4.24. The molecule has 0 saturated heterocycles. The summed E-state index contributed by atoms with van der Waals surface area (Å²) in [5.41, 5.74) is 3.62. The summed E-state index contributed by atoms with van der Waals surface area (Å²) >= 11 is 0. The van der Waals surface area contributed by atoms with Gasteiger partial charge in [0, 0.05) is 12.2 Å². The van der Waals surface area contributed by atoms with Crippen molar-refractivity contribution in [2.45, 2.75) is 19.9 Å². The number of nitrogens with one attached hydrogen (secondary N) is 2. The van der Waals surface area contributed by atoms with Crippen molar-refractivity contribution in [3.05, 3.63) is 53.6 Å². The summed E-state index contributed by atoms with van der Waals surface area (Å²) in [5.74, 6) is 0. The van der Waals surface area contributed by atoms with E-state index in [-0.39, 0.29) is 0 Å². The highest BCUT2D eigenvalue weighted by Crippen LogP contribution is 2.01. The van der Waals surface area contributed by atoms with Crippen LogP contribution in [-0.2, 0) is 13.0 Å². The van der Waals surface area contributed by atoms with Crippen LogP contribution in [0.1, 0.15) is 17.0 Å². The first-order valence-electron chi connectivity index (χ1n) is 5.60. The summed E-state index contributed by atoms with van der Waals surface area (Å²) in [7, 11) is 0. The van der Waals surface area contributed by atoms with Crippen molar-refractivity contribution in [3.63, 3.8) is 0 Å². The molecule has 0 aliphatic heterocycles. The van der Waals surface area contributed by atoms with E-state index >= 15 is 0 Å². The monoisotopic (exact) mass is 215 g/mol. The van der Waals surface area contributed by atoms with Crippen LogP contribution in [0.25, 0.3) is 0 Å². The van der Waals surface area contributed by atoms with E-state index < -0.39 is 0 Å². The number of imidazole rings is 1. The smallest absolute Gasteiger partial charge is 0.0925 e. The summed E-state index contributed by atoms with van der Waals surface area (Å²) in [5, 5.41) is 3.39. The molecule has 0 spiro atoms. The lowest BCUT2D eigenvalue weighted by Crippen LogP contribution is -2.17. The summed E-state index contributed by atoms with van der Waals surface area (Å²) < 4.78 is 0. The molecule has 0 bridgehead atoms. The molecule has 0 aliphatic carbocycles. The number of aryl methyl sites for hydroxylation is 1. The lowest BCUT2D eigenvalue weighted by atomic mass is 10.1. The van der Waals surface area contributed by atoms with Gasteiger partial charge in [0.05, 0.1) is 12.0 Å². The Kier molecular flexibility index (Phi) is 3.72. The Morgan fingerprint density at radius 2 is 2.06 bits per heavy atom. The van der Waals surface area contributed by atoms with Crippen LogP contribution in [0.3, 0.4) is 0 Å². The molecule has 84 valence electrons. The molecule has 0 saturated carbocycles. The van der Waals surface area contributed by atoms with Crippen LogP contribution in [-0.4, -0.2) is 16.5 Å². The molecule has 0 amide bonds. The molecule has 1 aromatic heterocycles. The third kappa shape index (κ3) is 2.94. The first-order chi connectivity index (χ1) is 7.86. The van der Waals surface area contributed by atoms with Gasteiger partial charge in [-0.3, -0.25) is 0 Å². The van der Waals surface area contributed by atoms with Crippen molar-refractivity contribution >= 4 is 0 Å². The lowest BCUT2D eigenvalue weighted by molar-refractivity contribution is 0.674. The summed E-state index contributed by atoms with van der Waals surface area (Å²) in [6.45, 7) is 3.86. The Morgan fingerprint density at radius 3 is 2.75 bits per heavy atom. The zero-order valence-electron chi connectivity index (χ0n) is 9.53. The third-order valence-corrected chi connectivity index (χ3v) is 2.66. The average molecular weight is 215 g/mol. The van der Waals surface area contributed by atoms with Crippen molar-refractivity contribution in [2.24, 2.45) is 0 Å². The first-order valence-corrected chi connectivity index (χ1v) is 5.60. The number of aromatic nitrogens is 2. The third-order valence-electron chi connectivity index (χ3n) is 2.66. The number of benzene rings is 1. The van der Waals surface area contributed by atoms with E-state index in [1.165, 1.54) is 5.56 Å². The van der Waals surface area contributed by atoms with Gasteiger partial charge in [0.2, 0.25) is 0 Å². The Morgan fingerprint density at radius 1 is 1.25 bits per heavy atom. The van der Waals surface area contributed by atoms with Crippen LogP contribution in [0, 0.1) is 6.92 Å². The maximum Gasteiger partial charge on any atom is 0.0925 e. The largest absolute Gasteiger partial charge is 0.348 e. The molecule has 2 rings (SSSR count). The van der Waals surface area contributed by atoms with Gasteiger partial charge in [-0.15, -0.1) is 0 Å². The lowest BCUT2D eigenvalue weighted by Gasteiger charge is -2.03. The molecule has 1 aromatic carbocycles. The molecule has 2 N–H and O–H groups in total. The van der Waals surface area contributed by atoms with E-state index in [9.17, 15) is 0 Å². The molecule has 16 heavy (non-hydrogen) atoms. The molecular weight excluding hydrogens is 198 g/mol. The molecule has 3 nitrogen and oxygen atoms in total. The highest BCUT2D eigenvalue weighted by Gasteiger charge is 1.99. The SMILES string of the molecule is Cc1[nH]cnc1CNCCc1ccccc1. The molecule has 0 unspecified atom stereocenters. The van der Waals surface area contributed by atoms with Gasteiger partial charge in [0.1, 0.15) is 0 Å². The van der Waals surface area contributed by atoms with E-state index in [2.05, 4.69) is 39.6 Å². The zero-order valence-corrected chi connectivity index (χ0v) is 9.53. The van der Waals surface area contributed by atoms with Crippen LogP contribution < -0.4 is 5.32 Å². The van der Waals surface area contributed by atoms with Gasteiger partial charge in [-0.1, -0.05) is 30.3 Å². The normalized spacial score (nSPS) is 10.6. The summed E-state index contributed by atoms with van der Waals surface area (Å²) in [6.07, 6.45) is 2.80. The van der Waals surface area contributed by atoms with Crippen LogP contribution in [0.4, 0.5) is 0 Å². The molecular formula is C13H17N3. The Balaban J connectivity index is 1.72. The fourth-order valence-electron chi connectivity index (χ4n) is 1.65. The average Bonchev–Trinajstić information content (AvgIpc) is 2.72. The summed E-state index contributed by atoms with van der Waals surface area (Å²) in [6, 6.07) is 10.5. The summed E-state index contributed by atoms with van der Waals surface area (Å²) in [4.78, 5) is 7.32. The van der Waals surface area contributed by atoms with Gasteiger partial charge < -0.3 is 10.3 Å². The quantitative estimate of drug-likeness (QED) is 0.749. The zero-order chi connectivity index (χ0) is 11.2. The van der Waals surface area contributed by atoms with E-state index in [0.717, 1.165) is 30.9 Å². The van der Waals surface area contributed by atoms with Crippen molar-refractivity contribution < 1.29 is 0 Å². The minimum absolute atomic E-state index is 0.835. The Labute approximate surface area is 95.9 Å². The van der Waals surface area contributed by atoms with Crippen molar-refractivity contribution in [1.29, 1.82) is 0 Å². The molecule has 1 heterocycles. The van der Waals surface area contributed by atoms with E-state index in [1.807, 2.05) is 13.0 Å². The van der Waals surface area contributed by atoms with Gasteiger partial charge >= 0.3 is 0 Å². The van der Waals surface area contributed by atoms with Crippen molar-refractivity contribution in [3.8, 4) is 0 Å². The standard InChI is InChI=1S/C13H17N3/c1-11-13(16-10-15-11)9-14-8-7-12-5-3-2-4-6-12/h2-6,10,14H,7-9H2,1H3,(H,15,16). The molecule has 0 aliphatic rings. The molecule has 2 aromatic rings. The number of rotatable bonds is 5. The van der Waals surface area contributed by atoms with E-state index in [4.69, 9.17) is 0 Å². The van der Waals surface area contributed by atoms with Crippen LogP contribution in [0.15, 0.2) is 36.7 Å². The minimum atomic E-state index is 0.835. The fraction of sp³-hybridized carbons (Fsp3) is 0.308. The molecule has 3 heteroatoms. The van der Waals surface area contributed by atoms with Crippen LogP contribution in [0.5, 0.6) is 0 Å². The highest BCUT2D eigenvalue weighted by molar-refractivity contribution is 5.15. The molecule has 0 atom stereocenters. The highest BCUT2D eigenvalue weighted by atomic mass is 14.9. The Hall–Kier alpha value is -1.61. The van der Waals surface area contributed by atoms with E-state index in [1.54, 1.807) is 6.33 Å². The second-order valence-corrected chi connectivity index (χ2v) is 3.89. The van der Waals surface area contributed by atoms with E-state index in [0.29, 0.717) is 0 Å².